The highest BCUT2D eigenvalue weighted by molar-refractivity contribution is 5.92. The number of hydrogen-bond donors (Lipinski definition) is 1. The summed E-state index contributed by atoms with van der Waals surface area (Å²) in [5.41, 5.74) is 2.82. The maximum atomic E-state index is 12.2. The van der Waals surface area contributed by atoms with E-state index >= 15 is 0 Å². The second kappa shape index (κ2) is 6.11. The zero-order valence-corrected chi connectivity index (χ0v) is 12.7. The predicted octanol–water partition coefficient (Wildman–Crippen LogP) is 1.37. The minimum atomic E-state index is -0.824. The topological polar surface area (TPSA) is 75.4 Å². The molecular weight excluding hydrogens is 270 g/mol. The maximum absolute atomic E-state index is 12.2. The van der Waals surface area contributed by atoms with Crippen LogP contribution in [-0.2, 0) is 16.6 Å². The summed E-state index contributed by atoms with van der Waals surface area (Å²) in [7, 11) is 1.86. The van der Waals surface area contributed by atoms with Crippen molar-refractivity contribution in [1.29, 1.82) is 0 Å². The van der Waals surface area contributed by atoms with Crippen molar-refractivity contribution in [1.82, 2.24) is 14.7 Å². The number of carboxylic acid groups (broad SMARTS) is 1. The number of hydrogen-bond acceptors (Lipinski definition) is 3. The van der Waals surface area contributed by atoms with Gasteiger partial charge in [0.05, 0.1) is 11.6 Å². The number of carboxylic acids is 1. The van der Waals surface area contributed by atoms with Gasteiger partial charge in [-0.2, -0.15) is 5.10 Å². The summed E-state index contributed by atoms with van der Waals surface area (Å²) in [6, 6.07) is 0. The van der Waals surface area contributed by atoms with Gasteiger partial charge in [0.1, 0.15) is 0 Å². The van der Waals surface area contributed by atoms with Crippen LogP contribution in [0.1, 0.15) is 29.8 Å². The molecule has 0 radical (unpaired) electrons. The van der Waals surface area contributed by atoms with Crippen molar-refractivity contribution in [2.75, 3.05) is 13.1 Å². The Labute approximate surface area is 124 Å². The lowest BCUT2D eigenvalue weighted by Gasteiger charge is -2.29. The van der Waals surface area contributed by atoms with Gasteiger partial charge in [0, 0.05) is 37.5 Å². The molecule has 21 heavy (non-hydrogen) atoms. The molecule has 6 nitrogen and oxygen atoms in total. The Kier molecular flexibility index (Phi) is 4.45. The molecule has 2 heterocycles. The highest BCUT2D eigenvalue weighted by Crippen LogP contribution is 2.18. The molecule has 1 atom stereocenters. The highest BCUT2D eigenvalue weighted by atomic mass is 16.4. The average molecular weight is 291 g/mol. The lowest BCUT2D eigenvalue weighted by atomic mass is 9.98. The number of likely N-dealkylation sites (tertiary alicyclic amines) is 1. The van der Waals surface area contributed by atoms with Crippen LogP contribution in [0.25, 0.3) is 6.08 Å². The average Bonchev–Trinajstić information content (AvgIpc) is 2.70. The number of aromatic nitrogens is 2. The Morgan fingerprint density at radius 3 is 2.67 bits per heavy atom. The number of aryl methyl sites for hydroxylation is 2. The van der Waals surface area contributed by atoms with E-state index in [1.807, 2.05) is 20.9 Å². The molecule has 6 heteroatoms. The molecule has 1 N–H and O–H groups in total. The first-order valence-corrected chi connectivity index (χ1v) is 7.10. The SMILES string of the molecule is Cc1nn(C)c(C)c1/C=C/C(=O)N1CCC[C@H](C(=O)O)C1. The van der Waals surface area contributed by atoms with Gasteiger partial charge in [-0.15, -0.1) is 0 Å². The van der Waals surface area contributed by atoms with Crippen LogP contribution in [0.5, 0.6) is 0 Å². The molecule has 0 aromatic carbocycles. The van der Waals surface area contributed by atoms with Gasteiger partial charge in [-0.1, -0.05) is 0 Å². The Morgan fingerprint density at radius 2 is 2.10 bits per heavy atom. The molecule has 0 saturated carbocycles. The number of carbonyl (C=O) groups excluding carboxylic acids is 1. The maximum Gasteiger partial charge on any atom is 0.308 e. The smallest absolute Gasteiger partial charge is 0.308 e. The third-order valence-electron chi connectivity index (χ3n) is 4.04. The van der Waals surface area contributed by atoms with Crippen LogP contribution in [0, 0.1) is 19.8 Å². The van der Waals surface area contributed by atoms with Gasteiger partial charge in [-0.05, 0) is 32.8 Å². The summed E-state index contributed by atoms with van der Waals surface area (Å²) in [6.07, 6.45) is 4.66. The highest BCUT2D eigenvalue weighted by Gasteiger charge is 2.27. The number of carbonyl (C=O) groups is 2. The first-order valence-electron chi connectivity index (χ1n) is 7.10. The summed E-state index contributed by atoms with van der Waals surface area (Å²) in [5.74, 6) is -1.41. The fourth-order valence-corrected chi connectivity index (χ4v) is 2.67. The van der Waals surface area contributed by atoms with Crippen LogP contribution in [0.4, 0.5) is 0 Å². The molecule has 2 rings (SSSR count). The van der Waals surface area contributed by atoms with Crippen molar-refractivity contribution in [2.45, 2.75) is 26.7 Å². The molecule has 1 aromatic rings. The Hall–Kier alpha value is -2.11. The molecule has 1 aromatic heterocycles. The van der Waals surface area contributed by atoms with E-state index in [2.05, 4.69) is 5.10 Å². The van der Waals surface area contributed by atoms with Crippen LogP contribution >= 0.6 is 0 Å². The number of rotatable bonds is 3. The van der Waals surface area contributed by atoms with E-state index in [4.69, 9.17) is 5.11 Å². The van der Waals surface area contributed by atoms with Gasteiger partial charge >= 0.3 is 5.97 Å². The van der Waals surface area contributed by atoms with Gasteiger partial charge in [0.2, 0.25) is 5.91 Å². The van der Waals surface area contributed by atoms with E-state index in [0.717, 1.165) is 23.4 Å². The van der Waals surface area contributed by atoms with E-state index in [1.54, 1.807) is 15.7 Å². The minimum Gasteiger partial charge on any atom is -0.481 e. The number of amides is 1. The Bertz CT molecular complexity index is 589. The molecule has 0 spiro atoms. The predicted molar refractivity (Wildman–Crippen MR) is 78.7 cm³/mol. The van der Waals surface area contributed by atoms with Crippen molar-refractivity contribution >= 4 is 18.0 Å². The van der Waals surface area contributed by atoms with Crippen molar-refractivity contribution < 1.29 is 14.7 Å². The van der Waals surface area contributed by atoms with E-state index in [1.165, 1.54) is 6.08 Å². The summed E-state index contributed by atoms with van der Waals surface area (Å²) in [4.78, 5) is 24.8. The molecule has 114 valence electrons. The molecule has 0 unspecified atom stereocenters. The van der Waals surface area contributed by atoms with Gasteiger partial charge < -0.3 is 10.0 Å². The minimum absolute atomic E-state index is 0.136. The van der Waals surface area contributed by atoms with Crippen LogP contribution in [0.2, 0.25) is 0 Å². The van der Waals surface area contributed by atoms with Crippen molar-refractivity contribution in [2.24, 2.45) is 13.0 Å². The van der Waals surface area contributed by atoms with E-state index in [-0.39, 0.29) is 5.91 Å². The Balaban J connectivity index is 2.07. The number of nitrogens with zero attached hydrogens (tertiary/aromatic N) is 3. The first kappa shape index (κ1) is 15.3. The monoisotopic (exact) mass is 291 g/mol. The third-order valence-corrected chi connectivity index (χ3v) is 4.04. The van der Waals surface area contributed by atoms with Crippen molar-refractivity contribution in [3.63, 3.8) is 0 Å². The fraction of sp³-hybridized carbons (Fsp3) is 0.533. The van der Waals surface area contributed by atoms with Crippen molar-refractivity contribution in [3.8, 4) is 0 Å². The van der Waals surface area contributed by atoms with Crippen LogP contribution < -0.4 is 0 Å². The largest absolute Gasteiger partial charge is 0.481 e. The van der Waals surface area contributed by atoms with Crippen molar-refractivity contribution in [3.05, 3.63) is 23.0 Å². The van der Waals surface area contributed by atoms with Gasteiger partial charge in [0.15, 0.2) is 0 Å². The molecule has 1 aliphatic heterocycles. The molecule has 0 bridgehead atoms. The van der Waals surface area contributed by atoms with Crippen LogP contribution in [-0.4, -0.2) is 44.8 Å². The van der Waals surface area contributed by atoms with Crippen LogP contribution in [0.15, 0.2) is 6.08 Å². The van der Waals surface area contributed by atoms with E-state index in [0.29, 0.717) is 19.5 Å². The summed E-state index contributed by atoms with van der Waals surface area (Å²) < 4.78 is 1.78. The quantitative estimate of drug-likeness (QED) is 0.854. The van der Waals surface area contributed by atoms with E-state index < -0.39 is 11.9 Å². The molecule has 1 amide bonds. The van der Waals surface area contributed by atoms with Gasteiger partial charge in [0.25, 0.3) is 0 Å². The molecule has 0 aliphatic carbocycles. The molecular formula is C15H21N3O3. The normalized spacial score (nSPS) is 19.2. The number of aliphatic carboxylic acids is 1. The summed E-state index contributed by atoms with van der Waals surface area (Å²) in [5, 5.41) is 13.4. The lowest BCUT2D eigenvalue weighted by Crippen LogP contribution is -2.41. The molecule has 1 aliphatic rings. The lowest BCUT2D eigenvalue weighted by molar-refractivity contribution is -0.144. The van der Waals surface area contributed by atoms with E-state index in [9.17, 15) is 9.59 Å². The fourth-order valence-electron chi connectivity index (χ4n) is 2.67. The number of piperidine rings is 1. The summed E-state index contributed by atoms with van der Waals surface area (Å²) >= 11 is 0. The van der Waals surface area contributed by atoms with Gasteiger partial charge in [-0.25, -0.2) is 0 Å². The molecule has 1 saturated heterocycles. The Morgan fingerprint density at radius 1 is 1.38 bits per heavy atom. The zero-order chi connectivity index (χ0) is 15.6. The zero-order valence-electron chi connectivity index (χ0n) is 12.7. The van der Waals surface area contributed by atoms with Gasteiger partial charge in [-0.3, -0.25) is 14.3 Å². The third kappa shape index (κ3) is 3.32. The first-order chi connectivity index (χ1) is 9.90. The second-order valence-electron chi connectivity index (χ2n) is 5.50. The standard InChI is InChI=1S/C15H21N3O3/c1-10-13(11(2)17(3)16-10)6-7-14(19)18-8-4-5-12(9-18)15(20)21/h6-7,12H,4-5,8-9H2,1-3H3,(H,20,21)/b7-6+/t12-/m0/s1. The molecule has 1 fully saturated rings. The summed E-state index contributed by atoms with van der Waals surface area (Å²) in [6.45, 7) is 4.77. The second-order valence-corrected chi connectivity index (χ2v) is 5.50. The van der Waals surface area contributed by atoms with Crippen LogP contribution in [0.3, 0.4) is 0 Å².